The fourth-order valence-corrected chi connectivity index (χ4v) is 3.12. The second kappa shape index (κ2) is 4.26. The minimum Gasteiger partial charge on any atom is -0.349 e. The first-order valence-corrected chi connectivity index (χ1v) is 6.81. The minimum atomic E-state index is -0.0734. The van der Waals surface area contributed by atoms with E-state index < -0.39 is 0 Å². The lowest BCUT2D eigenvalue weighted by Crippen LogP contribution is -2.32. The molecule has 2 N–H and O–H groups in total. The molecule has 2 atom stereocenters. The van der Waals surface area contributed by atoms with E-state index in [0.29, 0.717) is 28.5 Å². The first-order chi connectivity index (χ1) is 8.18. The van der Waals surface area contributed by atoms with Gasteiger partial charge in [-0.05, 0) is 39.9 Å². The van der Waals surface area contributed by atoms with Crippen LogP contribution in [0.15, 0.2) is 22.7 Å². The molecule has 1 aliphatic heterocycles. The Morgan fingerprint density at radius 2 is 2.12 bits per heavy atom. The van der Waals surface area contributed by atoms with E-state index in [1.165, 1.54) is 0 Å². The van der Waals surface area contributed by atoms with E-state index in [9.17, 15) is 4.79 Å². The third kappa shape index (κ3) is 1.98. The zero-order chi connectivity index (χ0) is 12.0. The summed E-state index contributed by atoms with van der Waals surface area (Å²) in [6.45, 7) is 2.03. The molecule has 17 heavy (non-hydrogen) atoms. The molecule has 3 rings (SSSR count). The number of carbonyl (C=O) groups excluding carboxylic acids is 1. The van der Waals surface area contributed by atoms with Crippen molar-refractivity contribution < 1.29 is 4.79 Å². The van der Waals surface area contributed by atoms with Crippen LogP contribution in [-0.2, 0) is 0 Å². The van der Waals surface area contributed by atoms with Crippen LogP contribution in [0.2, 0.25) is 5.02 Å². The number of fused-ring (bicyclic) bond motifs is 1. The molecule has 2 fully saturated rings. The van der Waals surface area contributed by atoms with Crippen LogP contribution >= 0.6 is 27.5 Å². The van der Waals surface area contributed by atoms with E-state index >= 15 is 0 Å². The van der Waals surface area contributed by atoms with Gasteiger partial charge in [-0.25, -0.2) is 0 Å². The van der Waals surface area contributed by atoms with Gasteiger partial charge in [-0.2, -0.15) is 0 Å². The molecule has 0 aromatic heterocycles. The average Bonchev–Trinajstić information content (AvgIpc) is 2.76. The molecular weight excluding hydrogens is 304 g/mol. The molecular formula is C12H12BrClN2O. The number of hydrogen-bond acceptors (Lipinski definition) is 2. The SMILES string of the molecule is O=C(NC1C2CNCC21)c1cccc(Br)c1Cl. The molecule has 1 saturated heterocycles. The lowest BCUT2D eigenvalue weighted by molar-refractivity contribution is 0.0946. The third-order valence-corrected chi connectivity index (χ3v) is 4.88. The quantitative estimate of drug-likeness (QED) is 0.877. The van der Waals surface area contributed by atoms with Crippen molar-refractivity contribution >= 4 is 33.4 Å². The Bertz CT molecular complexity index is 470. The molecule has 1 saturated carbocycles. The van der Waals surface area contributed by atoms with E-state index in [0.717, 1.165) is 17.6 Å². The van der Waals surface area contributed by atoms with Gasteiger partial charge in [0.1, 0.15) is 0 Å². The van der Waals surface area contributed by atoms with Crippen molar-refractivity contribution in [3.05, 3.63) is 33.3 Å². The van der Waals surface area contributed by atoms with Crippen molar-refractivity contribution in [3.8, 4) is 0 Å². The van der Waals surface area contributed by atoms with Gasteiger partial charge >= 0.3 is 0 Å². The standard InChI is InChI=1S/C12H12BrClN2O/c13-9-3-1-2-6(10(9)14)12(17)16-11-7-4-15-5-8(7)11/h1-3,7-8,11,15H,4-5H2,(H,16,17). The van der Waals surface area contributed by atoms with Gasteiger partial charge in [0.25, 0.3) is 5.91 Å². The largest absolute Gasteiger partial charge is 0.349 e. The highest BCUT2D eigenvalue weighted by Crippen LogP contribution is 2.41. The minimum absolute atomic E-state index is 0.0734. The van der Waals surface area contributed by atoms with Crippen LogP contribution in [0.3, 0.4) is 0 Å². The molecule has 1 aliphatic carbocycles. The van der Waals surface area contributed by atoms with Gasteiger partial charge in [0.15, 0.2) is 0 Å². The number of benzene rings is 1. The van der Waals surface area contributed by atoms with Crippen molar-refractivity contribution in [2.75, 3.05) is 13.1 Å². The van der Waals surface area contributed by atoms with Crippen LogP contribution in [0, 0.1) is 11.8 Å². The summed E-state index contributed by atoms with van der Waals surface area (Å²) in [7, 11) is 0. The molecule has 0 radical (unpaired) electrons. The predicted octanol–water partition coefficient (Wildman–Crippen LogP) is 2.05. The summed E-state index contributed by atoms with van der Waals surface area (Å²) in [5, 5.41) is 6.84. The molecule has 2 aliphatic rings. The summed E-state index contributed by atoms with van der Waals surface area (Å²) < 4.78 is 0.754. The maximum absolute atomic E-state index is 12.1. The first-order valence-electron chi connectivity index (χ1n) is 5.64. The van der Waals surface area contributed by atoms with Gasteiger partial charge in [0, 0.05) is 23.6 Å². The Balaban J connectivity index is 1.72. The fraction of sp³-hybridized carbons (Fsp3) is 0.417. The van der Waals surface area contributed by atoms with Gasteiger partial charge in [0.05, 0.1) is 10.6 Å². The Morgan fingerprint density at radius 1 is 1.41 bits per heavy atom. The summed E-state index contributed by atoms with van der Waals surface area (Å²) in [4.78, 5) is 12.1. The van der Waals surface area contributed by atoms with Gasteiger partial charge < -0.3 is 10.6 Å². The molecule has 1 aromatic rings. The lowest BCUT2D eigenvalue weighted by Gasteiger charge is -2.09. The summed E-state index contributed by atoms with van der Waals surface area (Å²) in [5.74, 6) is 1.16. The number of rotatable bonds is 2. The molecule has 1 aromatic carbocycles. The third-order valence-electron chi connectivity index (χ3n) is 3.59. The highest BCUT2D eigenvalue weighted by atomic mass is 79.9. The number of hydrogen-bond donors (Lipinski definition) is 2. The zero-order valence-corrected chi connectivity index (χ0v) is 11.4. The molecule has 90 valence electrons. The van der Waals surface area contributed by atoms with Crippen molar-refractivity contribution in [2.45, 2.75) is 6.04 Å². The van der Waals surface area contributed by atoms with Crippen LogP contribution in [-0.4, -0.2) is 25.0 Å². The molecule has 3 nitrogen and oxygen atoms in total. The van der Waals surface area contributed by atoms with Crippen molar-refractivity contribution in [1.82, 2.24) is 10.6 Å². The highest BCUT2D eigenvalue weighted by molar-refractivity contribution is 9.10. The van der Waals surface area contributed by atoms with Crippen LogP contribution in [0.4, 0.5) is 0 Å². The van der Waals surface area contributed by atoms with Gasteiger partial charge in [-0.15, -0.1) is 0 Å². The van der Waals surface area contributed by atoms with Crippen molar-refractivity contribution in [2.24, 2.45) is 11.8 Å². The fourth-order valence-electron chi connectivity index (χ4n) is 2.54. The number of carbonyl (C=O) groups is 1. The van der Waals surface area contributed by atoms with E-state index in [2.05, 4.69) is 26.6 Å². The van der Waals surface area contributed by atoms with Gasteiger partial charge in [-0.1, -0.05) is 17.7 Å². The summed E-state index contributed by atoms with van der Waals surface area (Å²) in [6, 6.07) is 5.73. The molecule has 2 unspecified atom stereocenters. The second-order valence-corrected chi connectivity index (χ2v) is 5.82. The van der Waals surface area contributed by atoms with Crippen LogP contribution in [0.1, 0.15) is 10.4 Å². The summed E-state index contributed by atoms with van der Waals surface area (Å²) in [6.07, 6.45) is 0. The summed E-state index contributed by atoms with van der Waals surface area (Å²) >= 11 is 9.42. The van der Waals surface area contributed by atoms with Crippen LogP contribution in [0.5, 0.6) is 0 Å². The smallest absolute Gasteiger partial charge is 0.253 e. The Kier molecular flexibility index (Phi) is 2.89. The number of piperidine rings is 1. The molecule has 5 heteroatoms. The summed E-state index contributed by atoms with van der Waals surface area (Å²) in [5.41, 5.74) is 0.541. The average molecular weight is 316 g/mol. The normalized spacial score (nSPS) is 29.9. The van der Waals surface area contributed by atoms with Crippen molar-refractivity contribution in [3.63, 3.8) is 0 Å². The number of amides is 1. The Hall–Kier alpha value is -0.580. The molecule has 0 bridgehead atoms. The number of halogens is 2. The number of nitrogens with one attached hydrogen (secondary N) is 2. The molecule has 1 amide bonds. The molecule has 0 spiro atoms. The monoisotopic (exact) mass is 314 g/mol. The van der Waals surface area contributed by atoms with Gasteiger partial charge in [0.2, 0.25) is 0 Å². The maximum atomic E-state index is 12.1. The van der Waals surface area contributed by atoms with E-state index in [1.54, 1.807) is 6.07 Å². The van der Waals surface area contributed by atoms with Crippen molar-refractivity contribution in [1.29, 1.82) is 0 Å². The molecule has 1 heterocycles. The topological polar surface area (TPSA) is 41.1 Å². The van der Waals surface area contributed by atoms with Gasteiger partial charge in [-0.3, -0.25) is 4.79 Å². The van der Waals surface area contributed by atoms with E-state index in [-0.39, 0.29) is 5.91 Å². The van der Waals surface area contributed by atoms with Crippen LogP contribution < -0.4 is 10.6 Å². The first kappa shape index (κ1) is 11.5. The Labute approximate surface area is 113 Å². The van der Waals surface area contributed by atoms with Crippen LogP contribution in [0.25, 0.3) is 0 Å². The maximum Gasteiger partial charge on any atom is 0.253 e. The second-order valence-electron chi connectivity index (χ2n) is 4.59. The lowest BCUT2D eigenvalue weighted by atomic mass is 10.2. The zero-order valence-electron chi connectivity index (χ0n) is 9.04. The highest BCUT2D eigenvalue weighted by Gasteiger charge is 2.53. The van der Waals surface area contributed by atoms with E-state index in [4.69, 9.17) is 11.6 Å². The predicted molar refractivity (Wildman–Crippen MR) is 70.3 cm³/mol. The Morgan fingerprint density at radius 3 is 2.82 bits per heavy atom. The van der Waals surface area contributed by atoms with E-state index in [1.807, 2.05) is 12.1 Å².